The molecule has 26 heavy (non-hydrogen) atoms. The number of ether oxygens (including phenoxy) is 1. The molecule has 2 aromatic rings. The average molecular weight is 351 g/mol. The van der Waals surface area contributed by atoms with Gasteiger partial charge in [-0.25, -0.2) is 4.79 Å². The van der Waals surface area contributed by atoms with Crippen LogP contribution in [0.4, 0.5) is 0 Å². The maximum absolute atomic E-state index is 13.3. The zero-order valence-corrected chi connectivity index (χ0v) is 15.7. The predicted octanol–water partition coefficient (Wildman–Crippen LogP) is 4.06. The van der Waals surface area contributed by atoms with Gasteiger partial charge < -0.3 is 4.74 Å². The fourth-order valence-corrected chi connectivity index (χ4v) is 3.40. The van der Waals surface area contributed by atoms with Crippen LogP contribution in [-0.4, -0.2) is 28.5 Å². The summed E-state index contributed by atoms with van der Waals surface area (Å²) in [5, 5.41) is 0. The zero-order valence-electron chi connectivity index (χ0n) is 15.7. The first-order chi connectivity index (χ1) is 12.2. The van der Waals surface area contributed by atoms with Gasteiger partial charge in [-0.05, 0) is 24.6 Å². The molecule has 0 aromatic heterocycles. The number of rotatable bonds is 3. The lowest BCUT2D eigenvalue weighted by atomic mass is 9.87. The molecule has 1 aliphatic heterocycles. The molecule has 3 rings (SSSR count). The second-order valence-corrected chi connectivity index (χ2v) is 8.10. The van der Waals surface area contributed by atoms with Crippen molar-refractivity contribution >= 4 is 11.9 Å². The molecule has 2 aromatic carbocycles. The number of hydrogen-bond donors (Lipinski definition) is 0. The molecule has 1 fully saturated rings. The highest BCUT2D eigenvalue weighted by Gasteiger charge is 2.57. The van der Waals surface area contributed by atoms with Crippen LogP contribution in [0.3, 0.4) is 0 Å². The summed E-state index contributed by atoms with van der Waals surface area (Å²) >= 11 is 0. The summed E-state index contributed by atoms with van der Waals surface area (Å²) in [4.78, 5) is 27.9. The predicted molar refractivity (Wildman–Crippen MR) is 100 cm³/mol. The molecule has 1 amide bonds. The molecule has 0 radical (unpaired) electrons. The van der Waals surface area contributed by atoms with Crippen LogP contribution in [0.25, 0.3) is 0 Å². The van der Waals surface area contributed by atoms with Crippen LogP contribution >= 0.6 is 0 Å². The average Bonchev–Trinajstić information content (AvgIpc) is 2.87. The highest BCUT2D eigenvalue weighted by Crippen LogP contribution is 2.40. The van der Waals surface area contributed by atoms with Gasteiger partial charge in [0, 0.05) is 17.4 Å². The molecular formula is C22H25NO3. The first-order valence-corrected chi connectivity index (χ1v) is 8.87. The van der Waals surface area contributed by atoms with Crippen molar-refractivity contribution in [2.75, 3.05) is 0 Å². The Morgan fingerprint density at radius 3 is 2.12 bits per heavy atom. The van der Waals surface area contributed by atoms with Crippen molar-refractivity contribution < 1.29 is 14.3 Å². The molecule has 4 nitrogen and oxygen atoms in total. The van der Waals surface area contributed by atoms with Gasteiger partial charge in [0.15, 0.2) is 6.23 Å². The minimum Gasteiger partial charge on any atom is -0.439 e. The first kappa shape index (κ1) is 18.2. The second kappa shape index (κ2) is 6.60. The Hall–Kier alpha value is -2.62. The summed E-state index contributed by atoms with van der Waals surface area (Å²) in [6.45, 7) is 7.73. The van der Waals surface area contributed by atoms with Crippen LogP contribution < -0.4 is 0 Å². The third-order valence-corrected chi connectivity index (χ3v) is 4.80. The van der Waals surface area contributed by atoms with Crippen molar-refractivity contribution in [3.8, 4) is 0 Å². The van der Waals surface area contributed by atoms with E-state index in [0.717, 1.165) is 5.56 Å². The molecule has 0 spiro atoms. The smallest absolute Gasteiger partial charge is 0.334 e. The van der Waals surface area contributed by atoms with Crippen molar-refractivity contribution in [2.45, 2.75) is 45.9 Å². The van der Waals surface area contributed by atoms with E-state index < -0.39 is 17.2 Å². The Labute approximate surface area is 154 Å². The van der Waals surface area contributed by atoms with Crippen molar-refractivity contribution in [2.24, 2.45) is 5.41 Å². The number of carbonyl (C=O) groups is 2. The maximum atomic E-state index is 13.3. The molecule has 4 heteroatoms. The number of nitrogens with zero attached hydrogens (tertiary/aromatic N) is 1. The van der Waals surface area contributed by atoms with Gasteiger partial charge in [0.25, 0.3) is 5.91 Å². The molecule has 0 bridgehead atoms. The Morgan fingerprint density at radius 2 is 1.58 bits per heavy atom. The molecule has 0 N–H and O–H groups in total. The number of carbonyl (C=O) groups excluding carboxylic acids is 2. The van der Waals surface area contributed by atoms with Crippen LogP contribution in [0.2, 0.25) is 0 Å². The zero-order chi connectivity index (χ0) is 18.9. The molecule has 1 saturated heterocycles. The van der Waals surface area contributed by atoms with Gasteiger partial charge in [0.05, 0.1) is 0 Å². The van der Waals surface area contributed by atoms with Crippen molar-refractivity contribution in [3.05, 3.63) is 71.8 Å². The van der Waals surface area contributed by atoms with E-state index in [4.69, 9.17) is 4.74 Å². The van der Waals surface area contributed by atoms with Gasteiger partial charge in [0.1, 0.15) is 5.54 Å². The van der Waals surface area contributed by atoms with E-state index in [-0.39, 0.29) is 11.9 Å². The highest BCUT2D eigenvalue weighted by atomic mass is 16.6. The van der Waals surface area contributed by atoms with Gasteiger partial charge in [-0.3, -0.25) is 9.69 Å². The van der Waals surface area contributed by atoms with E-state index in [0.29, 0.717) is 12.0 Å². The molecule has 1 heterocycles. The normalized spacial score (nSPS) is 23.0. The van der Waals surface area contributed by atoms with Crippen LogP contribution in [0, 0.1) is 5.41 Å². The van der Waals surface area contributed by atoms with E-state index in [9.17, 15) is 9.59 Å². The van der Waals surface area contributed by atoms with Crippen LogP contribution in [-0.2, 0) is 16.0 Å². The van der Waals surface area contributed by atoms with E-state index >= 15 is 0 Å². The number of cyclic esters (lactones) is 1. The standard InChI is InChI=1S/C22H25NO3/c1-21(2,3)19-23(18(24)17-13-9-6-10-14-17)22(4,20(25)26-19)15-16-11-7-5-8-12-16/h5-14,19H,15H2,1-4H3. The number of benzene rings is 2. The van der Waals surface area contributed by atoms with Gasteiger partial charge in [-0.15, -0.1) is 0 Å². The van der Waals surface area contributed by atoms with Gasteiger partial charge in [-0.2, -0.15) is 0 Å². The van der Waals surface area contributed by atoms with E-state index in [2.05, 4.69) is 0 Å². The summed E-state index contributed by atoms with van der Waals surface area (Å²) in [5.41, 5.74) is 0.104. The summed E-state index contributed by atoms with van der Waals surface area (Å²) in [7, 11) is 0. The van der Waals surface area contributed by atoms with Gasteiger partial charge >= 0.3 is 5.97 Å². The van der Waals surface area contributed by atoms with Crippen molar-refractivity contribution in [3.63, 3.8) is 0 Å². The second-order valence-electron chi connectivity index (χ2n) is 8.10. The quantitative estimate of drug-likeness (QED) is 0.784. The monoisotopic (exact) mass is 351 g/mol. The number of esters is 1. The van der Waals surface area contributed by atoms with E-state index in [1.807, 2.05) is 69.3 Å². The lowest BCUT2D eigenvalue weighted by Crippen LogP contribution is -2.55. The number of amides is 1. The van der Waals surface area contributed by atoms with Crippen molar-refractivity contribution in [1.82, 2.24) is 4.90 Å². The maximum Gasteiger partial charge on any atom is 0.334 e. The highest BCUT2D eigenvalue weighted by molar-refractivity contribution is 5.99. The van der Waals surface area contributed by atoms with E-state index in [1.165, 1.54) is 0 Å². The minimum absolute atomic E-state index is 0.185. The SMILES string of the molecule is CC(C)(C)C1OC(=O)C(C)(Cc2ccccc2)N1C(=O)c1ccccc1. The molecule has 1 aliphatic rings. The Balaban J connectivity index is 2.05. The molecule has 2 atom stereocenters. The molecule has 2 unspecified atom stereocenters. The Morgan fingerprint density at radius 1 is 1.04 bits per heavy atom. The summed E-state index contributed by atoms with van der Waals surface area (Å²) < 4.78 is 5.74. The van der Waals surface area contributed by atoms with E-state index in [1.54, 1.807) is 24.0 Å². The van der Waals surface area contributed by atoms with Gasteiger partial charge in [0.2, 0.25) is 0 Å². The van der Waals surface area contributed by atoms with Gasteiger partial charge in [-0.1, -0.05) is 69.3 Å². The largest absolute Gasteiger partial charge is 0.439 e. The van der Waals surface area contributed by atoms with Crippen molar-refractivity contribution in [1.29, 1.82) is 0 Å². The summed E-state index contributed by atoms with van der Waals surface area (Å²) in [6, 6.07) is 18.8. The summed E-state index contributed by atoms with van der Waals surface area (Å²) in [5.74, 6) is -0.541. The molecule has 136 valence electrons. The fourth-order valence-electron chi connectivity index (χ4n) is 3.40. The van der Waals surface area contributed by atoms with Crippen LogP contribution in [0.1, 0.15) is 43.6 Å². The molecule has 0 aliphatic carbocycles. The van der Waals surface area contributed by atoms with Crippen LogP contribution in [0.15, 0.2) is 60.7 Å². The Bertz CT molecular complexity index is 795. The topological polar surface area (TPSA) is 46.6 Å². The fraction of sp³-hybridized carbons (Fsp3) is 0.364. The first-order valence-electron chi connectivity index (χ1n) is 8.87. The summed E-state index contributed by atoms with van der Waals surface area (Å²) in [6.07, 6.45) is -0.200. The lowest BCUT2D eigenvalue weighted by molar-refractivity contribution is -0.148. The Kier molecular flexibility index (Phi) is 4.61. The molecule has 0 saturated carbocycles. The number of hydrogen-bond acceptors (Lipinski definition) is 3. The minimum atomic E-state index is -1.05. The third kappa shape index (κ3) is 3.24. The van der Waals surface area contributed by atoms with Crippen LogP contribution in [0.5, 0.6) is 0 Å². The third-order valence-electron chi connectivity index (χ3n) is 4.80. The molecular weight excluding hydrogens is 326 g/mol. The lowest BCUT2D eigenvalue weighted by Gasteiger charge is -2.38.